The van der Waals surface area contributed by atoms with E-state index in [-0.39, 0.29) is 5.54 Å². The lowest BCUT2D eigenvalue weighted by Crippen LogP contribution is -2.47. The van der Waals surface area contributed by atoms with Crippen molar-refractivity contribution in [1.29, 1.82) is 0 Å². The molecule has 0 aliphatic heterocycles. The van der Waals surface area contributed by atoms with Crippen LogP contribution in [0, 0.1) is 0 Å². The molecule has 21 heavy (non-hydrogen) atoms. The molecule has 118 valence electrons. The van der Waals surface area contributed by atoms with E-state index in [0.717, 1.165) is 36.5 Å². The molecule has 3 nitrogen and oxygen atoms in total. The van der Waals surface area contributed by atoms with Gasteiger partial charge in [0.25, 0.3) is 0 Å². The van der Waals surface area contributed by atoms with E-state index in [0.29, 0.717) is 5.92 Å². The molecule has 1 saturated carbocycles. The third kappa shape index (κ3) is 4.15. The van der Waals surface area contributed by atoms with E-state index in [4.69, 9.17) is 9.29 Å². The van der Waals surface area contributed by atoms with Crippen LogP contribution in [-0.4, -0.2) is 29.5 Å². The Morgan fingerprint density at radius 2 is 1.95 bits per heavy atom. The van der Waals surface area contributed by atoms with E-state index in [9.17, 15) is 0 Å². The van der Waals surface area contributed by atoms with E-state index in [1.165, 1.54) is 31.2 Å². The summed E-state index contributed by atoms with van der Waals surface area (Å²) in [7, 11) is 1.71. The second kappa shape index (κ2) is 8.06. The van der Waals surface area contributed by atoms with E-state index in [1.54, 1.807) is 7.11 Å². The van der Waals surface area contributed by atoms with Gasteiger partial charge in [0, 0.05) is 11.3 Å². The number of benzene rings is 1. The summed E-state index contributed by atoms with van der Waals surface area (Å²) in [5.41, 5.74) is 1.59. The Kier molecular flexibility index (Phi) is 6.40. The molecule has 4 heteroatoms. The van der Waals surface area contributed by atoms with Crippen LogP contribution in [0.4, 0.5) is 0 Å². The zero-order valence-electron chi connectivity index (χ0n) is 13.1. The summed E-state index contributed by atoms with van der Waals surface area (Å²) in [6.45, 7) is 3.31. The van der Waals surface area contributed by atoms with Crippen LogP contribution in [0.25, 0.3) is 0 Å². The maximum Gasteiger partial charge on any atom is 0.118 e. The van der Waals surface area contributed by atoms with Crippen molar-refractivity contribution in [2.24, 2.45) is 0 Å². The van der Waals surface area contributed by atoms with Crippen molar-refractivity contribution in [3.05, 3.63) is 29.8 Å². The van der Waals surface area contributed by atoms with Gasteiger partial charge in [0.05, 0.1) is 7.11 Å². The smallest absolute Gasteiger partial charge is 0.118 e. The predicted molar refractivity (Wildman–Crippen MR) is 90.3 cm³/mol. The molecule has 1 atom stereocenters. The fourth-order valence-electron chi connectivity index (χ4n) is 3.45. The molecule has 1 aliphatic carbocycles. The Morgan fingerprint density at radius 3 is 2.52 bits per heavy atom. The van der Waals surface area contributed by atoms with Crippen molar-refractivity contribution >= 4 is 12.0 Å². The first-order valence-electron chi connectivity index (χ1n) is 7.87. The van der Waals surface area contributed by atoms with Crippen molar-refractivity contribution in [1.82, 2.24) is 5.32 Å². The predicted octanol–water partition coefficient (Wildman–Crippen LogP) is 4.30. The van der Waals surface area contributed by atoms with E-state index < -0.39 is 0 Å². The van der Waals surface area contributed by atoms with Crippen LogP contribution >= 0.6 is 12.0 Å². The molecule has 2 N–H and O–H groups in total. The Morgan fingerprint density at radius 1 is 1.29 bits per heavy atom. The van der Waals surface area contributed by atoms with Gasteiger partial charge in [-0.3, -0.25) is 0 Å². The summed E-state index contributed by atoms with van der Waals surface area (Å²) in [5, 5.41) is 3.80. The largest absolute Gasteiger partial charge is 0.497 e. The molecule has 1 fully saturated rings. The van der Waals surface area contributed by atoms with Crippen molar-refractivity contribution in [2.45, 2.75) is 50.5 Å². The number of methoxy groups -OCH3 is 1. The molecule has 2 rings (SSSR count). The zero-order valence-corrected chi connectivity index (χ0v) is 13.9. The van der Waals surface area contributed by atoms with Crippen LogP contribution in [0.2, 0.25) is 0 Å². The third-order valence-corrected chi connectivity index (χ3v) is 5.30. The minimum absolute atomic E-state index is 0.217. The monoisotopic (exact) mass is 309 g/mol. The van der Waals surface area contributed by atoms with Crippen LogP contribution in [0.3, 0.4) is 0 Å². The number of nitrogens with one attached hydrogen (secondary N) is 1. The highest BCUT2D eigenvalue weighted by molar-refractivity contribution is 7.93. The molecular formula is C17H27NO2S. The molecule has 0 heterocycles. The average Bonchev–Trinajstić information content (AvgIpc) is 3.01. The first-order chi connectivity index (χ1) is 10.2. The van der Waals surface area contributed by atoms with Crippen molar-refractivity contribution in [3.63, 3.8) is 0 Å². The molecular weight excluding hydrogens is 282 g/mol. The van der Waals surface area contributed by atoms with Crippen LogP contribution in [-0.2, 0) is 0 Å². The fourth-order valence-corrected chi connectivity index (χ4v) is 3.73. The minimum Gasteiger partial charge on any atom is -0.497 e. The topological polar surface area (TPSA) is 41.5 Å². The highest BCUT2D eigenvalue weighted by atomic mass is 32.2. The van der Waals surface area contributed by atoms with Gasteiger partial charge in [-0.25, -0.2) is 0 Å². The number of hydrogen-bond acceptors (Lipinski definition) is 4. The van der Waals surface area contributed by atoms with Crippen LogP contribution in [0.15, 0.2) is 24.3 Å². The molecule has 0 saturated heterocycles. The van der Waals surface area contributed by atoms with Gasteiger partial charge >= 0.3 is 0 Å². The Bertz CT molecular complexity index is 415. The maximum absolute atomic E-state index is 8.84. The van der Waals surface area contributed by atoms with Gasteiger partial charge in [0.15, 0.2) is 0 Å². The van der Waals surface area contributed by atoms with Gasteiger partial charge in [-0.1, -0.05) is 31.9 Å². The fraction of sp³-hybridized carbons (Fsp3) is 0.647. The van der Waals surface area contributed by atoms with Crippen molar-refractivity contribution < 1.29 is 9.29 Å². The Labute approximate surface area is 132 Å². The summed E-state index contributed by atoms with van der Waals surface area (Å²) in [6.07, 6.45) is 6.11. The molecule has 1 unspecified atom stereocenters. The van der Waals surface area contributed by atoms with Crippen molar-refractivity contribution in [3.8, 4) is 5.75 Å². The molecule has 0 amide bonds. The Balaban J connectivity index is 2.05. The van der Waals surface area contributed by atoms with Crippen molar-refractivity contribution in [2.75, 3.05) is 19.4 Å². The average molecular weight is 309 g/mol. The zero-order chi connectivity index (χ0) is 15.1. The van der Waals surface area contributed by atoms with Gasteiger partial charge < -0.3 is 14.6 Å². The second-order valence-electron chi connectivity index (χ2n) is 5.97. The normalized spacial score (nSPS) is 18.6. The van der Waals surface area contributed by atoms with Gasteiger partial charge in [0.2, 0.25) is 0 Å². The quantitative estimate of drug-likeness (QED) is 0.555. The number of rotatable bonds is 8. The lowest BCUT2D eigenvalue weighted by atomic mass is 9.79. The number of ether oxygens (including phenoxy) is 1. The van der Waals surface area contributed by atoms with Gasteiger partial charge in [-0.05, 0) is 61.5 Å². The lowest BCUT2D eigenvalue weighted by Gasteiger charge is -2.37. The highest BCUT2D eigenvalue weighted by Gasteiger charge is 2.38. The molecule has 0 bridgehead atoms. The first-order valence-corrected chi connectivity index (χ1v) is 8.81. The van der Waals surface area contributed by atoms with Crippen LogP contribution in [0.1, 0.15) is 50.5 Å². The highest BCUT2D eigenvalue weighted by Crippen LogP contribution is 2.41. The molecule has 1 aliphatic rings. The first kappa shape index (κ1) is 16.7. The lowest BCUT2D eigenvalue weighted by molar-refractivity contribution is 0.283. The molecule has 1 aromatic rings. The third-order valence-electron chi connectivity index (χ3n) is 4.83. The van der Waals surface area contributed by atoms with Gasteiger partial charge in [0.1, 0.15) is 5.75 Å². The van der Waals surface area contributed by atoms with Gasteiger partial charge in [-0.15, -0.1) is 0 Å². The molecule has 0 spiro atoms. The van der Waals surface area contributed by atoms with Crippen LogP contribution in [0.5, 0.6) is 5.75 Å². The SMILES string of the molecule is COc1ccc(C(C)C2(NCCCSO)CCCC2)cc1. The van der Waals surface area contributed by atoms with E-state index in [2.05, 4.69) is 36.5 Å². The van der Waals surface area contributed by atoms with Gasteiger partial charge in [-0.2, -0.15) is 0 Å². The van der Waals surface area contributed by atoms with Crippen LogP contribution < -0.4 is 10.1 Å². The molecule has 0 radical (unpaired) electrons. The van der Waals surface area contributed by atoms with E-state index >= 15 is 0 Å². The summed E-state index contributed by atoms with van der Waals surface area (Å²) >= 11 is 0.938. The molecule has 0 aromatic heterocycles. The van der Waals surface area contributed by atoms with E-state index in [1.807, 2.05) is 0 Å². The summed E-state index contributed by atoms with van der Waals surface area (Å²) in [6, 6.07) is 8.48. The summed E-state index contributed by atoms with van der Waals surface area (Å²) in [5.74, 6) is 2.21. The summed E-state index contributed by atoms with van der Waals surface area (Å²) in [4.78, 5) is 0. The summed E-state index contributed by atoms with van der Waals surface area (Å²) < 4.78 is 14.1. The maximum atomic E-state index is 8.84. The standard InChI is InChI=1S/C17H27NO2S/c1-14(15-6-8-16(20-2)9-7-15)17(10-3-4-11-17)18-12-5-13-21-19/h6-9,14,18-19H,3-5,10-13H2,1-2H3. The second-order valence-corrected chi connectivity index (χ2v) is 6.64. The number of hydrogen-bond donors (Lipinski definition) is 2. The Hall–Kier alpha value is -0.710. The molecule has 1 aromatic carbocycles. The minimum atomic E-state index is 0.217.